The van der Waals surface area contributed by atoms with Gasteiger partial charge in [-0.05, 0) is 43.0 Å². The van der Waals surface area contributed by atoms with E-state index in [1.165, 1.54) is 57.3 Å². The molecule has 0 amide bonds. The fourth-order valence-electron chi connectivity index (χ4n) is 3.73. The second-order valence-electron chi connectivity index (χ2n) is 6.88. The number of methoxy groups -OCH3 is 1. The highest BCUT2D eigenvalue weighted by atomic mass is 19.1. The Morgan fingerprint density at radius 2 is 2.15 bits per heavy atom. The molecule has 27 heavy (non-hydrogen) atoms. The normalized spacial score (nSPS) is 14.6. The lowest BCUT2D eigenvalue weighted by Crippen LogP contribution is -2.09. The zero-order valence-electron chi connectivity index (χ0n) is 15.1. The van der Waals surface area contributed by atoms with Crippen LogP contribution in [-0.4, -0.2) is 27.8 Å². The molecule has 1 N–H and O–H groups in total. The lowest BCUT2D eigenvalue weighted by Gasteiger charge is -2.10. The van der Waals surface area contributed by atoms with Gasteiger partial charge in [0, 0.05) is 18.1 Å². The molecule has 1 aliphatic rings. The average Bonchev–Trinajstić information content (AvgIpc) is 3.30. The van der Waals surface area contributed by atoms with Gasteiger partial charge in [-0.25, -0.2) is 9.18 Å². The zero-order valence-corrected chi connectivity index (χ0v) is 15.1. The number of benzene rings is 1. The van der Waals surface area contributed by atoms with Crippen molar-refractivity contribution in [2.45, 2.75) is 32.2 Å². The monoisotopic (exact) mass is 368 g/mol. The Labute approximate surface area is 156 Å². The number of esters is 1. The first kappa shape index (κ1) is 17.5. The Morgan fingerprint density at radius 1 is 1.33 bits per heavy atom. The number of hydrogen-bond acceptors (Lipinski definition) is 5. The van der Waals surface area contributed by atoms with Crippen molar-refractivity contribution in [3.63, 3.8) is 0 Å². The number of nitrogens with one attached hydrogen (secondary N) is 1. The number of rotatable bonds is 5. The Kier molecular flexibility index (Phi) is 4.75. The molecule has 0 radical (unpaired) electrons. The highest BCUT2D eigenvalue weighted by Crippen LogP contribution is 2.31. The van der Waals surface area contributed by atoms with E-state index in [0.29, 0.717) is 28.4 Å². The van der Waals surface area contributed by atoms with Crippen molar-refractivity contribution in [3.8, 4) is 0 Å². The number of nitrogens with zero attached hydrogens (tertiary/aromatic N) is 3. The number of carbonyl (C=O) groups is 1. The lowest BCUT2D eigenvalue weighted by atomic mass is 10.1. The summed E-state index contributed by atoms with van der Waals surface area (Å²) < 4.78 is 20.6. The van der Waals surface area contributed by atoms with Gasteiger partial charge in [-0.1, -0.05) is 12.8 Å². The van der Waals surface area contributed by atoms with E-state index in [9.17, 15) is 9.18 Å². The van der Waals surface area contributed by atoms with E-state index in [1.54, 1.807) is 12.1 Å². The summed E-state index contributed by atoms with van der Waals surface area (Å²) in [6, 6.07) is 6.24. The second kappa shape index (κ2) is 7.34. The van der Waals surface area contributed by atoms with Crippen molar-refractivity contribution in [1.82, 2.24) is 14.8 Å². The van der Waals surface area contributed by atoms with Gasteiger partial charge < -0.3 is 10.1 Å². The van der Waals surface area contributed by atoms with Crippen molar-refractivity contribution >= 4 is 28.4 Å². The number of pyridine rings is 1. The molecule has 0 aliphatic heterocycles. The Balaban J connectivity index is 1.73. The highest BCUT2D eigenvalue weighted by molar-refractivity contribution is 5.98. The summed E-state index contributed by atoms with van der Waals surface area (Å²) in [5.74, 6) is 0.293. The highest BCUT2D eigenvalue weighted by Gasteiger charge is 2.20. The molecule has 3 aromatic rings. The molecule has 2 heterocycles. The number of anilines is 2. The second-order valence-corrected chi connectivity index (χ2v) is 6.88. The van der Waals surface area contributed by atoms with Crippen LogP contribution < -0.4 is 5.32 Å². The van der Waals surface area contributed by atoms with E-state index in [0.717, 1.165) is 12.1 Å². The molecule has 0 atom stereocenters. The largest absolute Gasteiger partial charge is 0.465 e. The minimum absolute atomic E-state index is 0.328. The first-order valence-corrected chi connectivity index (χ1v) is 9.11. The maximum atomic E-state index is 13.9. The third-order valence-electron chi connectivity index (χ3n) is 5.10. The van der Waals surface area contributed by atoms with Crippen LogP contribution in [-0.2, 0) is 11.3 Å². The Hall–Kier alpha value is -2.96. The van der Waals surface area contributed by atoms with Crippen LogP contribution in [0.2, 0.25) is 0 Å². The maximum absolute atomic E-state index is 13.9. The summed E-state index contributed by atoms with van der Waals surface area (Å²) in [4.78, 5) is 16.1. The topological polar surface area (TPSA) is 69.0 Å². The third kappa shape index (κ3) is 3.49. The molecule has 1 saturated carbocycles. The van der Waals surface area contributed by atoms with E-state index in [2.05, 4.69) is 15.4 Å². The van der Waals surface area contributed by atoms with Crippen molar-refractivity contribution < 1.29 is 13.9 Å². The fourth-order valence-corrected chi connectivity index (χ4v) is 3.73. The van der Waals surface area contributed by atoms with Crippen LogP contribution in [0.5, 0.6) is 0 Å². The van der Waals surface area contributed by atoms with Gasteiger partial charge in [0.25, 0.3) is 0 Å². The van der Waals surface area contributed by atoms with Gasteiger partial charge in [-0.15, -0.1) is 0 Å². The van der Waals surface area contributed by atoms with Gasteiger partial charge in [0.2, 0.25) is 0 Å². The third-order valence-corrected chi connectivity index (χ3v) is 5.10. The minimum atomic E-state index is -0.472. The first-order valence-electron chi connectivity index (χ1n) is 9.11. The van der Waals surface area contributed by atoms with E-state index in [4.69, 9.17) is 4.74 Å². The predicted octanol–water partition coefficient (Wildman–Crippen LogP) is 4.29. The van der Waals surface area contributed by atoms with Crippen LogP contribution in [0.3, 0.4) is 0 Å². The molecule has 0 bridgehead atoms. The van der Waals surface area contributed by atoms with Gasteiger partial charge in [-0.2, -0.15) is 5.10 Å². The van der Waals surface area contributed by atoms with Gasteiger partial charge in [0.05, 0.1) is 30.1 Å². The molecule has 4 rings (SSSR count). The summed E-state index contributed by atoms with van der Waals surface area (Å²) in [7, 11) is 1.33. The fraction of sp³-hybridized carbons (Fsp3) is 0.350. The molecule has 7 heteroatoms. The van der Waals surface area contributed by atoms with Gasteiger partial charge in [0.1, 0.15) is 5.82 Å². The predicted molar refractivity (Wildman–Crippen MR) is 101 cm³/mol. The number of fused-ring (bicyclic) bond motifs is 1. The Bertz CT molecular complexity index is 979. The standard InChI is InChI=1S/C20H21FN4O2/c1-27-20(26)15-8-9-22-11-17(15)23-19-16-10-14(21)6-7-18(16)25(24-19)12-13-4-2-3-5-13/h6-11,13H,2-5,12H2,1H3,(H,23,24). The molecule has 0 saturated heterocycles. The maximum Gasteiger partial charge on any atom is 0.340 e. The van der Waals surface area contributed by atoms with Crippen LogP contribution in [0.15, 0.2) is 36.7 Å². The lowest BCUT2D eigenvalue weighted by molar-refractivity contribution is 0.0602. The van der Waals surface area contributed by atoms with Crippen molar-refractivity contribution in [3.05, 3.63) is 48.0 Å². The number of hydrogen-bond donors (Lipinski definition) is 1. The number of halogens is 1. The van der Waals surface area contributed by atoms with Crippen LogP contribution in [0, 0.1) is 11.7 Å². The van der Waals surface area contributed by atoms with Crippen LogP contribution in [0.1, 0.15) is 36.0 Å². The van der Waals surface area contributed by atoms with Gasteiger partial charge in [0.15, 0.2) is 5.82 Å². The molecule has 0 unspecified atom stereocenters. The Morgan fingerprint density at radius 3 is 2.93 bits per heavy atom. The average molecular weight is 368 g/mol. The quantitative estimate of drug-likeness (QED) is 0.681. The SMILES string of the molecule is COC(=O)c1ccncc1Nc1nn(CC2CCCC2)c2ccc(F)cc12. The molecule has 0 spiro atoms. The smallest absolute Gasteiger partial charge is 0.340 e. The molecule has 140 valence electrons. The van der Waals surface area contributed by atoms with Gasteiger partial charge in [-0.3, -0.25) is 9.67 Å². The van der Waals surface area contributed by atoms with Crippen LogP contribution in [0.25, 0.3) is 10.9 Å². The molecule has 1 fully saturated rings. The van der Waals surface area contributed by atoms with E-state index in [-0.39, 0.29) is 5.82 Å². The van der Waals surface area contributed by atoms with E-state index < -0.39 is 5.97 Å². The molecule has 2 aromatic heterocycles. The van der Waals surface area contributed by atoms with Crippen molar-refractivity contribution in [1.29, 1.82) is 0 Å². The molecule has 1 aromatic carbocycles. The van der Waals surface area contributed by atoms with Crippen molar-refractivity contribution in [2.75, 3.05) is 12.4 Å². The van der Waals surface area contributed by atoms with Gasteiger partial charge >= 0.3 is 5.97 Å². The van der Waals surface area contributed by atoms with Crippen LogP contribution >= 0.6 is 0 Å². The van der Waals surface area contributed by atoms with E-state index >= 15 is 0 Å². The number of ether oxygens (including phenoxy) is 1. The zero-order chi connectivity index (χ0) is 18.8. The van der Waals surface area contributed by atoms with Crippen LogP contribution in [0.4, 0.5) is 15.9 Å². The summed E-state index contributed by atoms with van der Waals surface area (Å²) in [5, 5.41) is 8.49. The van der Waals surface area contributed by atoms with Crippen molar-refractivity contribution in [2.24, 2.45) is 5.92 Å². The summed E-state index contributed by atoms with van der Waals surface area (Å²) in [6.45, 7) is 0.806. The number of aromatic nitrogens is 3. The summed E-state index contributed by atoms with van der Waals surface area (Å²) in [6.07, 6.45) is 7.95. The summed E-state index contributed by atoms with van der Waals surface area (Å²) in [5.41, 5.74) is 1.69. The number of carbonyl (C=O) groups excluding carboxylic acids is 1. The molecular formula is C20H21FN4O2. The minimum Gasteiger partial charge on any atom is -0.465 e. The first-order chi connectivity index (χ1) is 13.2. The molecule has 1 aliphatic carbocycles. The molecular weight excluding hydrogens is 347 g/mol. The molecule has 6 nitrogen and oxygen atoms in total. The van der Waals surface area contributed by atoms with E-state index in [1.807, 2.05) is 4.68 Å². The summed E-state index contributed by atoms with van der Waals surface area (Å²) >= 11 is 0.